The molecule has 21 heavy (non-hydrogen) atoms. The summed E-state index contributed by atoms with van der Waals surface area (Å²) < 4.78 is 11.1. The van der Waals surface area contributed by atoms with E-state index < -0.39 is 5.60 Å². The van der Waals surface area contributed by atoms with Crippen molar-refractivity contribution >= 4 is 0 Å². The van der Waals surface area contributed by atoms with Crippen LogP contribution in [0, 0.1) is 5.92 Å². The zero-order valence-electron chi connectivity index (χ0n) is 14.1. The average molecular weight is 295 g/mol. The highest BCUT2D eigenvalue weighted by molar-refractivity contribution is 5.40. The van der Waals surface area contributed by atoms with E-state index in [4.69, 9.17) is 9.47 Å². The summed E-state index contributed by atoms with van der Waals surface area (Å²) in [6.07, 6.45) is 0.106. The molecule has 1 rings (SSSR count). The fourth-order valence-corrected chi connectivity index (χ4v) is 1.83. The Balaban J connectivity index is 2.73. The summed E-state index contributed by atoms with van der Waals surface area (Å²) in [5, 5.41) is 13.6. The molecule has 1 unspecified atom stereocenters. The van der Waals surface area contributed by atoms with Gasteiger partial charge in [-0.3, -0.25) is 0 Å². The fourth-order valence-electron chi connectivity index (χ4n) is 1.83. The molecule has 0 aliphatic rings. The molecule has 0 radical (unpaired) electrons. The fraction of sp³-hybridized carbons (Fsp3) is 0.647. The molecule has 0 amide bonds. The summed E-state index contributed by atoms with van der Waals surface area (Å²) in [7, 11) is 1.65. The molecule has 120 valence electrons. The van der Waals surface area contributed by atoms with Crippen molar-refractivity contribution in [1.82, 2.24) is 5.32 Å². The first-order valence-corrected chi connectivity index (χ1v) is 7.53. The van der Waals surface area contributed by atoms with Crippen molar-refractivity contribution in [2.24, 2.45) is 5.92 Å². The van der Waals surface area contributed by atoms with Crippen LogP contribution in [0.15, 0.2) is 18.2 Å². The van der Waals surface area contributed by atoms with Crippen molar-refractivity contribution in [3.8, 4) is 11.5 Å². The van der Waals surface area contributed by atoms with E-state index in [0.717, 1.165) is 17.1 Å². The van der Waals surface area contributed by atoms with Gasteiger partial charge >= 0.3 is 0 Å². The van der Waals surface area contributed by atoms with Gasteiger partial charge in [0.2, 0.25) is 0 Å². The molecule has 4 nitrogen and oxygen atoms in total. The molecule has 0 saturated heterocycles. The largest absolute Gasteiger partial charge is 0.497 e. The van der Waals surface area contributed by atoms with Gasteiger partial charge in [0.15, 0.2) is 0 Å². The Kier molecular flexibility index (Phi) is 6.49. The van der Waals surface area contributed by atoms with E-state index in [1.807, 2.05) is 52.8 Å². The van der Waals surface area contributed by atoms with Crippen LogP contribution >= 0.6 is 0 Å². The predicted octanol–water partition coefficient (Wildman–Crippen LogP) is 2.98. The van der Waals surface area contributed by atoms with Gasteiger partial charge in [0.1, 0.15) is 11.5 Å². The number of benzene rings is 1. The van der Waals surface area contributed by atoms with E-state index in [-0.39, 0.29) is 12.0 Å². The summed E-state index contributed by atoms with van der Waals surface area (Å²) in [6.45, 7) is 11.1. The highest BCUT2D eigenvalue weighted by Crippen LogP contribution is 2.26. The normalized spacial score (nSPS) is 14.3. The van der Waals surface area contributed by atoms with E-state index in [2.05, 4.69) is 5.32 Å². The lowest BCUT2D eigenvalue weighted by Gasteiger charge is -2.28. The summed E-state index contributed by atoms with van der Waals surface area (Å²) in [6, 6.07) is 5.82. The molecule has 0 saturated carbocycles. The van der Waals surface area contributed by atoms with Crippen LogP contribution in [0.3, 0.4) is 0 Å². The Morgan fingerprint density at radius 1 is 1.24 bits per heavy atom. The van der Waals surface area contributed by atoms with E-state index in [1.165, 1.54) is 0 Å². The second-order valence-corrected chi connectivity index (χ2v) is 6.26. The second-order valence-electron chi connectivity index (χ2n) is 6.26. The zero-order valence-corrected chi connectivity index (χ0v) is 14.1. The third-order valence-corrected chi connectivity index (χ3v) is 3.68. The Labute approximate surface area is 128 Å². The molecular weight excluding hydrogens is 266 g/mol. The van der Waals surface area contributed by atoms with Crippen molar-refractivity contribution in [2.45, 2.75) is 52.9 Å². The number of hydrogen-bond donors (Lipinski definition) is 2. The number of ether oxygens (including phenoxy) is 2. The number of methoxy groups -OCH3 is 1. The Morgan fingerprint density at radius 3 is 2.43 bits per heavy atom. The first-order chi connectivity index (χ1) is 9.76. The summed E-state index contributed by atoms with van der Waals surface area (Å²) in [5.74, 6) is 1.80. The third-order valence-electron chi connectivity index (χ3n) is 3.68. The Morgan fingerprint density at radius 2 is 1.90 bits per heavy atom. The van der Waals surface area contributed by atoms with Crippen molar-refractivity contribution in [1.29, 1.82) is 0 Å². The first-order valence-electron chi connectivity index (χ1n) is 7.53. The minimum atomic E-state index is -0.717. The van der Waals surface area contributed by atoms with Crippen molar-refractivity contribution < 1.29 is 14.6 Å². The number of hydrogen-bond acceptors (Lipinski definition) is 4. The Hall–Kier alpha value is -1.26. The van der Waals surface area contributed by atoms with Crippen LogP contribution < -0.4 is 14.8 Å². The first kappa shape index (κ1) is 17.8. The molecule has 0 bridgehead atoms. The SMILES string of the molecule is COc1ccc(CNCC(C)(O)C(C)C)c(OC(C)C)c1. The molecule has 4 heteroatoms. The van der Waals surface area contributed by atoms with Crippen LogP contribution in [-0.2, 0) is 6.54 Å². The predicted molar refractivity (Wildman–Crippen MR) is 85.9 cm³/mol. The minimum Gasteiger partial charge on any atom is -0.497 e. The third kappa shape index (κ3) is 5.56. The van der Waals surface area contributed by atoms with E-state index in [1.54, 1.807) is 7.11 Å². The molecule has 0 aliphatic carbocycles. The maximum atomic E-state index is 10.3. The van der Waals surface area contributed by atoms with Gasteiger partial charge in [0, 0.05) is 24.7 Å². The topological polar surface area (TPSA) is 50.7 Å². The number of rotatable bonds is 8. The zero-order chi connectivity index (χ0) is 16.0. The molecule has 0 heterocycles. The maximum Gasteiger partial charge on any atom is 0.127 e. The van der Waals surface area contributed by atoms with Crippen LogP contribution in [-0.4, -0.2) is 30.5 Å². The molecule has 2 N–H and O–H groups in total. The number of nitrogens with one attached hydrogen (secondary N) is 1. The maximum absolute atomic E-state index is 10.3. The van der Waals surface area contributed by atoms with Gasteiger partial charge in [-0.05, 0) is 32.8 Å². The van der Waals surface area contributed by atoms with Gasteiger partial charge in [-0.15, -0.1) is 0 Å². The summed E-state index contributed by atoms with van der Waals surface area (Å²) in [5.41, 5.74) is 0.343. The molecule has 0 spiro atoms. The Bertz CT molecular complexity index is 442. The summed E-state index contributed by atoms with van der Waals surface area (Å²) in [4.78, 5) is 0. The summed E-state index contributed by atoms with van der Waals surface area (Å²) >= 11 is 0. The molecule has 0 aromatic heterocycles. The lowest BCUT2D eigenvalue weighted by molar-refractivity contribution is 0.0139. The van der Waals surface area contributed by atoms with Crippen molar-refractivity contribution in [2.75, 3.05) is 13.7 Å². The molecular formula is C17H29NO3. The van der Waals surface area contributed by atoms with Crippen LogP contribution in [0.2, 0.25) is 0 Å². The van der Waals surface area contributed by atoms with E-state index in [9.17, 15) is 5.11 Å². The minimum absolute atomic E-state index is 0.106. The highest BCUT2D eigenvalue weighted by Gasteiger charge is 2.24. The van der Waals surface area contributed by atoms with Gasteiger partial charge in [0.05, 0.1) is 18.8 Å². The van der Waals surface area contributed by atoms with Gasteiger partial charge in [-0.1, -0.05) is 19.9 Å². The molecule has 0 aliphatic heterocycles. The van der Waals surface area contributed by atoms with Crippen LogP contribution in [0.1, 0.15) is 40.2 Å². The average Bonchev–Trinajstić information content (AvgIpc) is 2.39. The van der Waals surface area contributed by atoms with Gasteiger partial charge in [-0.25, -0.2) is 0 Å². The number of aliphatic hydroxyl groups is 1. The van der Waals surface area contributed by atoms with Crippen molar-refractivity contribution in [3.05, 3.63) is 23.8 Å². The van der Waals surface area contributed by atoms with Crippen LogP contribution in [0.4, 0.5) is 0 Å². The monoisotopic (exact) mass is 295 g/mol. The molecule has 1 aromatic rings. The van der Waals surface area contributed by atoms with Gasteiger partial charge < -0.3 is 19.9 Å². The quantitative estimate of drug-likeness (QED) is 0.774. The van der Waals surface area contributed by atoms with Crippen LogP contribution in [0.25, 0.3) is 0 Å². The standard InChI is InChI=1S/C17H29NO3/c1-12(2)17(5,19)11-18-10-14-7-8-15(20-6)9-16(14)21-13(3)4/h7-9,12-13,18-19H,10-11H2,1-6H3. The van der Waals surface area contributed by atoms with Crippen molar-refractivity contribution in [3.63, 3.8) is 0 Å². The lowest BCUT2D eigenvalue weighted by Crippen LogP contribution is -2.42. The highest BCUT2D eigenvalue weighted by atomic mass is 16.5. The van der Waals surface area contributed by atoms with E-state index in [0.29, 0.717) is 13.1 Å². The molecule has 1 aromatic carbocycles. The van der Waals surface area contributed by atoms with Gasteiger partial charge in [0.25, 0.3) is 0 Å². The molecule has 0 fully saturated rings. The van der Waals surface area contributed by atoms with Crippen LogP contribution in [0.5, 0.6) is 11.5 Å². The second kappa shape index (κ2) is 7.66. The van der Waals surface area contributed by atoms with E-state index >= 15 is 0 Å². The molecule has 1 atom stereocenters. The van der Waals surface area contributed by atoms with Gasteiger partial charge in [-0.2, -0.15) is 0 Å². The lowest BCUT2D eigenvalue weighted by atomic mass is 9.92. The smallest absolute Gasteiger partial charge is 0.127 e.